The standard InChI is InChI=1S/C20H23FN2O/c1-15(22(2)3)13-23-10-9-17-12-19(7-8-20(17)23)24-14-16-5-4-6-18(21)11-16/h4-12,15H,13-14H2,1-3H3/t15-/m1/s1. The first-order valence-corrected chi connectivity index (χ1v) is 8.15. The third kappa shape index (κ3) is 3.77. The third-order valence-electron chi connectivity index (χ3n) is 4.38. The topological polar surface area (TPSA) is 17.4 Å². The smallest absolute Gasteiger partial charge is 0.123 e. The SMILES string of the molecule is C[C@H](Cn1ccc2cc(OCc3cccc(F)c3)ccc21)N(C)C. The molecule has 0 spiro atoms. The number of halogens is 1. The second kappa shape index (κ2) is 7.05. The molecule has 0 aliphatic rings. The van der Waals surface area contributed by atoms with Crippen molar-refractivity contribution < 1.29 is 9.13 Å². The molecular formula is C20H23FN2O. The molecule has 0 radical (unpaired) electrons. The van der Waals surface area contributed by atoms with E-state index in [2.05, 4.69) is 48.8 Å². The fourth-order valence-corrected chi connectivity index (χ4v) is 2.67. The predicted molar refractivity (Wildman–Crippen MR) is 95.8 cm³/mol. The van der Waals surface area contributed by atoms with E-state index in [0.717, 1.165) is 23.2 Å². The van der Waals surface area contributed by atoms with E-state index in [1.54, 1.807) is 6.07 Å². The van der Waals surface area contributed by atoms with Crippen LogP contribution >= 0.6 is 0 Å². The van der Waals surface area contributed by atoms with E-state index >= 15 is 0 Å². The first kappa shape index (κ1) is 16.5. The van der Waals surface area contributed by atoms with Crippen molar-refractivity contribution in [1.29, 1.82) is 0 Å². The van der Waals surface area contributed by atoms with Crippen LogP contribution in [0.2, 0.25) is 0 Å². The molecule has 0 saturated heterocycles. The molecule has 1 atom stereocenters. The largest absolute Gasteiger partial charge is 0.489 e. The fourth-order valence-electron chi connectivity index (χ4n) is 2.67. The van der Waals surface area contributed by atoms with Crippen molar-refractivity contribution in [1.82, 2.24) is 9.47 Å². The minimum absolute atomic E-state index is 0.237. The highest BCUT2D eigenvalue weighted by molar-refractivity contribution is 5.81. The van der Waals surface area contributed by atoms with Crippen molar-refractivity contribution in [2.24, 2.45) is 0 Å². The number of hydrogen-bond acceptors (Lipinski definition) is 2. The van der Waals surface area contributed by atoms with Crippen LogP contribution in [0.3, 0.4) is 0 Å². The number of rotatable bonds is 6. The Bertz CT molecular complexity index is 825. The Morgan fingerprint density at radius 3 is 2.71 bits per heavy atom. The summed E-state index contributed by atoms with van der Waals surface area (Å²) in [5, 5.41) is 1.15. The quantitative estimate of drug-likeness (QED) is 0.671. The van der Waals surface area contributed by atoms with Crippen molar-refractivity contribution in [3.05, 3.63) is 66.1 Å². The number of fused-ring (bicyclic) bond motifs is 1. The Kier molecular flexibility index (Phi) is 4.86. The molecule has 0 fully saturated rings. The highest BCUT2D eigenvalue weighted by atomic mass is 19.1. The summed E-state index contributed by atoms with van der Waals surface area (Å²) in [6, 6.07) is 15.1. The van der Waals surface area contributed by atoms with Crippen molar-refractivity contribution >= 4 is 10.9 Å². The van der Waals surface area contributed by atoms with Crippen LogP contribution in [0.25, 0.3) is 10.9 Å². The lowest BCUT2D eigenvalue weighted by Crippen LogP contribution is -2.28. The molecule has 0 aliphatic carbocycles. The maximum absolute atomic E-state index is 13.2. The molecule has 1 aromatic heterocycles. The Morgan fingerprint density at radius 1 is 1.12 bits per heavy atom. The van der Waals surface area contributed by atoms with E-state index in [-0.39, 0.29) is 5.82 Å². The molecule has 0 bridgehead atoms. The molecule has 0 N–H and O–H groups in total. The Labute approximate surface area is 142 Å². The maximum atomic E-state index is 13.2. The van der Waals surface area contributed by atoms with E-state index in [9.17, 15) is 4.39 Å². The average Bonchev–Trinajstić information content (AvgIpc) is 2.95. The molecule has 3 aromatic rings. The van der Waals surface area contributed by atoms with Crippen LogP contribution in [0.1, 0.15) is 12.5 Å². The Hall–Kier alpha value is -2.33. The first-order valence-electron chi connectivity index (χ1n) is 8.15. The van der Waals surface area contributed by atoms with Gasteiger partial charge in [-0.1, -0.05) is 12.1 Å². The lowest BCUT2D eigenvalue weighted by molar-refractivity contribution is 0.286. The summed E-state index contributed by atoms with van der Waals surface area (Å²) in [6.45, 7) is 3.52. The maximum Gasteiger partial charge on any atom is 0.123 e. The van der Waals surface area contributed by atoms with Gasteiger partial charge in [-0.15, -0.1) is 0 Å². The van der Waals surface area contributed by atoms with Gasteiger partial charge in [0, 0.05) is 29.7 Å². The molecule has 0 unspecified atom stereocenters. The van der Waals surface area contributed by atoms with Gasteiger partial charge in [0.15, 0.2) is 0 Å². The van der Waals surface area contributed by atoms with Gasteiger partial charge in [-0.25, -0.2) is 4.39 Å². The molecule has 0 aliphatic heterocycles. The van der Waals surface area contributed by atoms with Crippen LogP contribution in [0, 0.1) is 5.82 Å². The third-order valence-corrected chi connectivity index (χ3v) is 4.38. The van der Waals surface area contributed by atoms with E-state index in [0.29, 0.717) is 12.6 Å². The second-order valence-corrected chi connectivity index (χ2v) is 6.42. The molecule has 3 rings (SSSR count). The van der Waals surface area contributed by atoms with Gasteiger partial charge >= 0.3 is 0 Å². The zero-order valence-corrected chi connectivity index (χ0v) is 14.4. The lowest BCUT2D eigenvalue weighted by atomic mass is 10.2. The minimum Gasteiger partial charge on any atom is -0.489 e. The molecule has 24 heavy (non-hydrogen) atoms. The number of ether oxygens (including phenoxy) is 1. The number of benzene rings is 2. The Balaban J connectivity index is 1.72. The van der Waals surface area contributed by atoms with Crippen molar-refractivity contribution in [2.75, 3.05) is 14.1 Å². The summed E-state index contributed by atoms with van der Waals surface area (Å²) in [5.41, 5.74) is 2.02. The van der Waals surface area contributed by atoms with Crippen LogP contribution < -0.4 is 4.74 Å². The first-order chi connectivity index (χ1) is 11.5. The van der Waals surface area contributed by atoms with Gasteiger partial charge in [0.25, 0.3) is 0 Å². The minimum atomic E-state index is -0.237. The summed E-state index contributed by atoms with van der Waals surface area (Å²) in [5.74, 6) is 0.559. The van der Waals surface area contributed by atoms with Gasteiger partial charge in [0.2, 0.25) is 0 Å². The zero-order chi connectivity index (χ0) is 17.1. The van der Waals surface area contributed by atoms with E-state index in [1.165, 1.54) is 17.6 Å². The van der Waals surface area contributed by atoms with Gasteiger partial charge in [-0.05, 0) is 63.0 Å². The number of hydrogen-bond donors (Lipinski definition) is 0. The highest BCUT2D eigenvalue weighted by Crippen LogP contribution is 2.23. The molecule has 126 valence electrons. The van der Waals surface area contributed by atoms with E-state index in [1.807, 2.05) is 18.2 Å². The number of likely N-dealkylation sites (N-methyl/N-ethyl adjacent to an activating group) is 1. The Morgan fingerprint density at radius 2 is 1.96 bits per heavy atom. The normalized spacial score (nSPS) is 12.7. The number of aromatic nitrogens is 1. The predicted octanol–water partition coefficient (Wildman–Crippen LogP) is 4.31. The van der Waals surface area contributed by atoms with E-state index < -0.39 is 0 Å². The van der Waals surface area contributed by atoms with Crippen molar-refractivity contribution in [2.45, 2.75) is 26.1 Å². The molecule has 0 amide bonds. The molecule has 2 aromatic carbocycles. The van der Waals surface area contributed by atoms with Crippen LogP contribution in [0.4, 0.5) is 4.39 Å². The second-order valence-electron chi connectivity index (χ2n) is 6.42. The molecule has 4 heteroatoms. The number of nitrogens with zero attached hydrogens (tertiary/aromatic N) is 2. The van der Waals surface area contributed by atoms with Crippen molar-refractivity contribution in [3.63, 3.8) is 0 Å². The fraction of sp³-hybridized carbons (Fsp3) is 0.300. The van der Waals surface area contributed by atoms with Crippen LogP contribution in [-0.2, 0) is 13.2 Å². The molecule has 0 saturated carbocycles. The van der Waals surface area contributed by atoms with Gasteiger partial charge in [-0.2, -0.15) is 0 Å². The monoisotopic (exact) mass is 326 g/mol. The molecular weight excluding hydrogens is 303 g/mol. The van der Waals surface area contributed by atoms with Gasteiger partial charge < -0.3 is 14.2 Å². The summed E-state index contributed by atoms with van der Waals surface area (Å²) in [4.78, 5) is 2.21. The lowest BCUT2D eigenvalue weighted by Gasteiger charge is -2.20. The zero-order valence-electron chi connectivity index (χ0n) is 14.4. The molecule has 3 nitrogen and oxygen atoms in total. The summed E-state index contributed by atoms with van der Waals surface area (Å²) >= 11 is 0. The van der Waals surface area contributed by atoms with E-state index in [4.69, 9.17) is 4.74 Å². The highest BCUT2D eigenvalue weighted by Gasteiger charge is 2.08. The average molecular weight is 326 g/mol. The van der Waals surface area contributed by atoms with Gasteiger partial charge in [0.05, 0.1) is 0 Å². The van der Waals surface area contributed by atoms with Crippen molar-refractivity contribution in [3.8, 4) is 5.75 Å². The summed E-state index contributed by atoms with van der Waals surface area (Å²) < 4.78 is 21.3. The van der Waals surface area contributed by atoms with Gasteiger partial charge in [-0.3, -0.25) is 0 Å². The summed E-state index contributed by atoms with van der Waals surface area (Å²) in [7, 11) is 4.18. The van der Waals surface area contributed by atoms with Crippen LogP contribution in [-0.4, -0.2) is 29.6 Å². The van der Waals surface area contributed by atoms with Crippen LogP contribution in [0.5, 0.6) is 5.75 Å². The van der Waals surface area contributed by atoms with Crippen LogP contribution in [0.15, 0.2) is 54.7 Å². The summed E-state index contributed by atoms with van der Waals surface area (Å²) in [6.07, 6.45) is 2.11. The van der Waals surface area contributed by atoms with Gasteiger partial charge in [0.1, 0.15) is 18.2 Å². The molecule has 1 heterocycles.